The Kier molecular flexibility index (Phi) is 9.68. The minimum absolute atomic E-state index is 0.829. The summed E-state index contributed by atoms with van der Waals surface area (Å²) in [6.07, 6.45) is 0. The van der Waals surface area contributed by atoms with Gasteiger partial charge in [-0.15, -0.1) is 11.3 Å². The largest absolute Gasteiger partial charge is 0.456 e. The number of hydrogen-bond acceptors (Lipinski definition) is 5. The molecule has 0 aliphatic rings. The average molecular weight is 927 g/mol. The maximum Gasteiger partial charge on any atom is 0.143 e. The van der Waals surface area contributed by atoms with Gasteiger partial charge in [0.25, 0.3) is 0 Å². The Morgan fingerprint density at radius 1 is 0.254 bits per heavy atom. The summed E-state index contributed by atoms with van der Waals surface area (Å²) in [4.78, 5) is 4.77. The molecule has 0 N–H and O–H groups in total. The van der Waals surface area contributed by atoms with Crippen LogP contribution >= 0.6 is 11.3 Å². The zero-order valence-electron chi connectivity index (χ0n) is 38.4. The van der Waals surface area contributed by atoms with Crippen molar-refractivity contribution < 1.29 is 8.83 Å². The second kappa shape index (κ2) is 16.8. The molecule has 71 heavy (non-hydrogen) atoms. The van der Waals surface area contributed by atoms with Gasteiger partial charge in [0.2, 0.25) is 0 Å². The average Bonchev–Trinajstić information content (AvgIpc) is 4.13. The predicted octanol–water partition coefficient (Wildman–Crippen LogP) is 19.8. The van der Waals surface area contributed by atoms with Gasteiger partial charge < -0.3 is 18.6 Å². The molecule has 3 heterocycles. The molecule has 334 valence electrons. The zero-order chi connectivity index (χ0) is 46.8. The number of hydrogen-bond donors (Lipinski definition) is 0. The Bertz CT molecular complexity index is 4070. The molecular weight excluding hydrogens is 885 g/mol. The molecule has 14 aromatic rings. The third-order valence-electron chi connectivity index (χ3n) is 13.8. The van der Waals surface area contributed by atoms with Gasteiger partial charge in [-0.1, -0.05) is 164 Å². The summed E-state index contributed by atoms with van der Waals surface area (Å²) >= 11 is 1.83. The van der Waals surface area contributed by atoms with Gasteiger partial charge in [0.1, 0.15) is 22.3 Å². The Labute approximate surface area is 414 Å². The number of anilines is 6. The zero-order valence-corrected chi connectivity index (χ0v) is 39.2. The highest BCUT2D eigenvalue weighted by Gasteiger charge is 2.23. The SMILES string of the molecule is c1ccc(-c2ccc(N(c3cc(-c4cccc5c4oc4ccccc45)cc(N(c4ccc(-c5ccccc5)cc4)c4ccc5c(c4)sc4ccccc45)c3)c3ccc4c(c3)oc3ccccc34)cc2)cc1. The van der Waals surface area contributed by atoms with Gasteiger partial charge in [0.05, 0.1) is 0 Å². The molecule has 0 bridgehead atoms. The van der Waals surface area contributed by atoms with Gasteiger partial charge in [-0.25, -0.2) is 0 Å². The lowest BCUT2D eigenvalue weighted by molar-refractivity contribution is 0.669. The molecule has 4 nitrogen and oxygen atoms in total. The molecule has 0 aliphatic carbocycles. The molecule has 11 aromatic carbocycles. The van der Waals surface area contributed by atoms with E-state index in [9.17, 15) is 0 Å². The highest BCUT2D eigenvalue weighted by atomic mass is 32.1. The lowest BCUT2D eigenvalue weighted by Gasteiger charge is -2.30. The van der Waals surface area contributed by atoms with Crippen molar-refractivity contribution in [3.8, 4) is 33.4 Å². The molecule has 3 aromatic heterocycles. The summed E-state index contributed by atoms with van der Waals surface area (Å²) in [5.74, 6) is 0. The van der Waals surface area contributed by atoms with Crippen LogP contribution < -0.4 is 9.80 Å². The summed E-state index contributed by atoms with van der Waals surface area (Å²) in [5, 5.41) is 6.88. The molecule has 0 amide bonds. The molecule has 0 fully saturated rings. The van der Waals surface area contributed by atoms with Gasteiger partial charge in [-0.05, 0) is 113 Å². The molecule has 0 saturated carbocycles. The quantitative estimate of drug-likeness (QED) is 0.144. The van der Waals surface area contributed by atoms with Crippen LogP contribution in [0.25, 0.3) is 97.4 Å². The molecule has 0 saturated heterocycles. The van der Waals surface area contributed by atoms with Crippen LogP contribution in [0.15, 0.2) is 264 Å². The van der Waals surface area contributed by atoms with Crippen LogP contribution in [0, 0.1) is 0 Å². The van der Waals surface area contributed by atoms with Crippen molar-refractivity contribution in [1.82, 2.24) is 0 Å². The smallest absolute Gasteiger partial charge is 0.143 e. The molecule has 0 aliphatic heterocycles. The van der Waals surface area contributed by atoms with E-state index >= 15 is 0 Å². The predicted molar refractivity (Wildman–Crippen MR) is 300 cm³/mol. The van der Waals surface area contributed by atoms with Crippen LogP contribution in [0.2, 0.25) is 0 Å². The first kappa shape index (κ1) is 40.9. The number of para-hydroxylation sites is 3. The number of furan rings is 2. The number of nitrogens with zero attached hydrogens (tertiary/aromatic N) is 2. The monoisotopic (exact) mass is 926 g/mol. The van der Waals surface area contributed by atoms with E-state index in [0.29, 0.717) is 0 Å². The molecule has 0 radical (unpaired) electrons. The van der Waals surface area contributed by atoms with Crippen molar-refractivity contribution in [2.24, 2.45) is 0 Å². The Morgan fingerprint density at radius 2 is 0.718 bits per heavy atom. The summed E-state index contributed by atoms with van der Waals surface area (Å²) in [7, 11) is 0. The van der Waals surface area contributed by atoms with E-state index in [-0.39, 0.29) is 0 Å². The van der Waals surface area contributed by atoms with Crippen LogP contribution in [-0.4, -0.2) is 0 Å². The normalized spacial score (nSPS) is 11.7. The van der Waals surface area contributed by atoms with Gasteiger partial charge in [0.15, 0.2) is 0 Å². The number of rotatable bonds is 9. The Morgan fingerprint density at radius 3 is 1.37 bits per heavy atom. The van der Waals surface area contributed by atoms with Gasteiger partial charge >= 0.3 is 0 Å². The van der Waals surface area contributed by atoms with E-state index in [1.807, 2.05) is 29.5 Å². The summed E-state index contributed by atoms with van der Waals surface area (Å²) in [6.45, 7) is 0. The van der Waals surface area contributed by atoms with Crippen molar-refractivity contribution >= 4 is 110 Å². The van der Waals surface area contributed by atoms with Gasteiger partial charge in [-0.3, -0.25) is 0 Å². The second-order valence-corrected chi connectivity index (χ2v) is 19.2. The van der Waals surface area contributed by atoms with Crippen LogP contribution in [0.3, 0.4) is 0 Å². The first-order valence-corrected chi connectivity index (χ1v) is 24.8. The van der Waals surface area contributed by atoms with Crippen LogP contribution in [-0.2, 0) is 0 Å². The highest BCUT2D eigenvalue weighted by molar-refractivity contribution is 7.25. The molecule has 0 spiro atoms. The van der Waals surface area contributed by atoms with Crippen LogP contribution in [0.5, 0.6) is 0 Å². The fraction of sp³-hybridized carbons (Fsp3) is 0. The van der Waals surface area contributed by atoms with Crippen LogP contribution in [0.1, 0.15) is 0 Å². The summed E-state index contributed by atoms with van der Waals surface area (Å²) in [5.41, 5.74) is 16.1. The topological polar surface area (TPSA) is 32.8 Å². The molecule has 0 atom stereocenters. The molecular formula is C66H42N2O2S. The maximum absolute atomic E-state index is 6.80. The first-order valence-electron chi connectivity index (χ1n) is 24.0. The van der Waals surface area contributed by atoms with E-state index in [0.717, 1.165) is 100 Å². The maximum atomic E-state index is 6.80. The van der Waals surface area contributed by atoms with Crippen molar-refractivity contribution in [2.45, 2.75) is 0 Å². The molecule has 14 rings (SSSR count). The number of thiophene rings is 1. The lowest BCUT2D eigenvalue weighted by atomic mass is 9.99. The third kappa shape index (κ3) is 7.13. The van der Waals surface area contributed by atoms with E-state index in [4.69, 9.17) is 8.83 Å². The minimum atomic E-state index is 0.829. The van der Waals surface area contributed by atoms with Gasteiger partial charge in [0, 0.05) is 87.5 Å². The first-order chi connectivity index (χ1) is 35.2. The fourth-order valence-corrected chi connectivity index (χ4v) is 11.6. The van der Waals surface area contributed by atoms with E-state index in [1.165, 1.54) is 31.3 Å². The van der Waals surface area contributed by atoms with Crippen molar-refractivity contribution in [1.29, 1.82) is 0 Å². The van der Waals surface area contributed by atoms with Crippen molar-refractivity contribution in [3.63, 3.8) is 0 Å². The van der Waals surface area contributed by atoms with E-state index in [1.54, 1.807) is 0 Å². The van der Waals surface area contributed by atoms with Crippen LogP contribution in [0.4, 0.5) is 34.1 Å². The Hall–Kier alpha value is -9.16. The summed E-state index contributed by atoms with van der Waals surface area (Å²) in [6, 6.07) is 91.3. The molecule has 5 heteroatoms. The van der Waals surface area contributed by atoms with Crippen molar-refractivity contribution in [2.75, 3.05) is 9.80 Å². The van der Waals surface area contributed by atoms with E-state index in [2.05, 4.69) is 246 Å². The number of benzene rings is 11. The third-order valence-corrected chi connectivity index (χ3v) is 15.0. The standard InChI is InChI=1S/C66H42N2O2S/c1-3-14-43(15-4-1)45-26-30-48(31-27-45)67(50-34-36-57-55-18-7-10-23-61(55)69-63(57)41-50)52-38-47(54-21-13-22-60-56-19-8-11-24-62(56)70-66(54)60)39-53(40-52)68(49-32-28-46(29-33-49)44-16-5-2-6-17-44)51-35-37-59-58-20-9-12-25-64(58)71-65(59)42-51/h1-42H. The van der Waals surface area contributed by atoms with Gasteiger partial charge in [-0.2, -0.15) is 0 Å². The summed E-state index contributed by atoms with van der Waals surface area (Å²) < 4.78 is 15.9. The highest BCUT2D eigenvalue weighted by Crippen LogP contribution is 2.48. The number of fused-ring (bicyclic) bond motifs is 9. The van der Waals surface area contributed by atoms with Crippen molar-refractivity contribution in [3.05, 3.63) is 255 Å². The molecule has 0 unspecified atom stereocenters. The Balaban J connectivity index is 1.03. The minimum Gasteiger partial charge on any atom is -0.456 e. The second-order valence-electron chi connectivity index (χ2n) is 18.1. The lowest BCUT2D eigenvalue weighted by Crippen LogP contribution is -2.13. The van der Waals surface area contributed by atoms with E-state index < -0.39 is 0 Å². The fourth-order valence-electron chi connectivity index (χ4n) is 10.5.